The normalized spacial score (nSPS) is 10.6. The van der Waals surface area contributed by atoms with Crippen LogP contribution in [0.15, 0.2) is 48.5 Å². The zero-order valence-electron chi connectivity index (χ0n) is 13.5. The van der Waals surface area contributed by atoms with Crippen molar-refractivity contribution in [3.63, 3.8) is 0 Å². The molecule has 0 spiro atoms. The van der Waals surface area contributed by atoms with Gasteiger partial charge >= 0.3 is 5.97 Å². The van der Waals surface area contributed by atoms with Gasteiger partial charge in [-0.05, 0) is 23.8 Å². The molecule has 0 N–H and O–H groups in total. The van der Waals surface area contributed by atoms with Crippen LogP contribution in [-0.4, -0.2) is 20.2 Å². The molecule has 1 heterocycles. The number of ether oxygens (including phenoxy) is 2. The minimum absolute atomic E-state index is 0.393. The van der Waals surface area contributed by atoms with E-state index in [1.165, 1.54) is 25.6 Å². The zero-order chi connectivity index (χ0) is 18.0. The van der Waals surface area contributed by atoms with Crippen molar-refractivity contribution in [2.75, 3.05) is 14.2 Å². The van der Waals surface area contributed by atoms with Gasteiger partial charge in [-0.15, -0.1) is 11.3 Å². The zero-order valence-corrected chi connectivity index (χ0v) is 15.8. The van der Waals surface area contributed by atoms with E-state index in [0.717, 1.165) is 21.6 Å². The summed E-state index contributed by atoms with van der Waals surface area (Å²) in [5.41, 5.74) is 2.49. The van der Waals surface area contributed by atoms with Crippen LogP contribution in [0.3, 0.4) is 0 Å². The molecule has 0 saturated heterocycles. The molecule has 6 heteroatoms. The second kappa shape index (κ2) is 7.48. The molecule has 3 aromatic rings. The Morgan fingerprint density at radius 1 is 1.00 bits per heavy atom. The Kier molecular flexibility index (Phi) is 5.33. The van der Waals surface area contributed by atoms with E-state index < -0.39 is 5.97 Å². The topological polar surface area (TPSA) is 35.5 Å². The molecule has 3 rings (SSSR count). The molecule has 25 heavy (non-hydrogen) atoms. The van der Waals surface area contributed by atoms with Crippen molar-refractivity contribution >= 4 is 40.5 Å². The number of carbonyl (C=O) groups excluding carboxylic acids is 1. The van der Waals surface area contributed by atoms with Gasteiger partial charge in [-0.1, -0.05) is 53.5 Å². The molecule has 0 atom stereocenters. The minimum atomic E-state index is -0.449. The fourth-order valence-corrected chi connectivity index (χ4v) is 4.21. The van der Waals surface area contributed by atoms with Gasteiger partial charge < -0.3 is 9.47 Å². The maximum atomic E-state index is 12.2. The number of hydrogen-bond donors (Lipinski definition) is 0. The third kappa shape index (κ3) is 3.38. The third-order valence-corrected chi connectivity index (χ3v) is 5.46. The molecule has 2 aromatic carbocycles. The van der Waals surface area contributed by atoms with Gasteiger partial charge in [0.1, 0.15) is 0 Å². The van der Waals surface area contributed by atoms with Gasteiger partial charge in [-0.25, -0.2) is 4.79 Å². The fraction of sp³-hybridized carbons (Fsp3) is 0.105. The number of rotatable bonds is 4. The predicted molar refractivity (Wildman–Crippen MR) is 103 cm³/mol. The highest BCUT2D eigenvalue weighted by atomic mass is 35.5. The summed E-state index contributed by atoms with van der Waals surface area (Å²) in [6.07, 6.45) is 0. The molecule has 0 radical (unpaired) electrons. The maximum Gasteiger partial charge on any atom is 0.351 e. The lowest BCUT2D eigenvalue weighted by molar-refractivity contribution is 0.0603. The fourth-order valence-electron chi connectivity index (χ4n) is 2.55. The summed E-state index contributed by atoms with van der Waals surface area (Å²) in [4.78, 5) is 13.4. The highest BCUT2D eigenvalue weighted by Gasteiger charge is 2.27. The van der Waals surface area contributed by atoms with Crippen LogP contribution in [0.5, 0.6) is 5.75 Å². The monoisotopic (exact) mass is 392 g/mol. The van der Waals surface area contributed by atoms with Crippen molar-refractivity contribution in [2.24, 2.45) is 0 Å². The summed E-state index contributed by atoms with van der Waals surface area (Å²) in [5.74, 6) is 0.0180. The van der Waals surface area contributed by atoms with E-state index in [2.05, 4.69) is 0 Å². The van der Waals surface area contributed by atoms with Crippen molar-refractivity contribution in [3.8, 4) is 27.3 Å². The number of methoxy groups -OCH3 is 2. The lowest BCUT2D eigenvalue weighted by atomic mass is 10.0. The van der Waals surface area contributed by atoms with Gasteiger partial charge in [0.25, 0.3) is 0 Å². The Hall–Kier alpha value is -2.01. The van der Waals surface area contributed by atoms with Crippen LogP contribution in [0, 0.1) is 0 Å². The SMILES string of the molecule is COC(=O)c1sc(-c2ccccc2Cl)c(-c2ccc(Cl)cc2)c1OC. The number of halogens is 2. The van der Waals surface area contributed by atoms with E-state index >= 15 is 0 Å². The van der Waals surface area contributed by atoms with Crippen LogP contribution in [0.1, 0.15) is 9.67 Å². The Bertz CT molecular complexity index is 917. The van der Waals surface area contributed by atoms with Crippen LogP contribution in [-0.2, 0) is 4.74 Å². The number of benzene rings is 2. The standard InChI is InChI=1S/C19H14Cl2O3S/c1-23-16-15(11-7-9-12(20)10-8-11)17(25-18(16)19(22)24-2)13-5-3-4-6-14(13)21/h3-10H,1-2H3. The minimum Gasteiger partial charge on any atom is -0.494 e. The van der Waals surface area contributed by atoms with Crippen molar-refractivity contribution in [1.29, 1.82) is 0 Å². The first-order valence-corrected chi connectivity index (χ1v) is 8.94. The first-order chi connectivity index (χ1) is 12.1. The molecule has 0 aliphatic heterocycles. The molecule has 128 valence electrons. The molecule has 3 nitrogen and oxygen atoms in total. The lowest BCUT2D eigenvalue weighted by Gasteiger charge is -2.09. The van der Waals surface area contributed by atoms with Crippen molar-refractivity contribution < 1.29 is 14.3 Å². The second-order valence-corrected chi connectivity index (χ2v) is 7.01. The Morgan fingerprint density at radius 3 is 2.28 bits per heavy atom. The molecule has 0 bridgehead atoms. The molecular weight excluding hydrogens is 379 g/mol. The van der Waals surface area contributed by atoms with E-state index in [-0.39, 0.29) is 0 Å². The van der Waals surface area contributed by atoms with Crippen molar-refractivity contribution in [3.05, 3.63) is 63.5 Å². The van der Waals surface area contributed by atoms with Gasteiger partial charge in [-0.2, -0.15) is 0 Å². The molecule has 0 fully saturated rings. The van der Waals surface area contributed by atoms with Gasteiger partial charge in [0, 0.05) is 26.0 Å². The molecule has 1 aromatic heterocycles. The number of thiophene rings is 1. The Morgan fingerprint density at radius 2 is 1.68 bits per heavy atom. The molecule has 0 aliphatic carbocycles. The highest BCUT2D eigenvalue weighted by Crippen LogP contribution is 2.49. The average molecular weight is 393 g/mol. The highest BCUT2D eigenvalue weighted by molar-refractivity contribution is 7.18. The van der Waals surface area contributed by atoms with Crippen LogP contribution >= 0.6 is 34.5 Å². The summed E-state index contributed by atoms with van der Waals surface area (Å²) >= 11 is 13.7. The third-order valence-electron chi connectivity index (χ3n) is 3.69. The quantitative estimate of drug-likeness (QED) is 0.496. The van der Waals surface area contributed by atoms with E-state index in [4.69, 9.17) is 32.7 Å². The van der Waals surface area contributed by atoms with E-state index in [0.29, 0.717) is 20.7 Å². The summed E-state index contributed by atoms with van der Waals surface area (Å²) in [6.45, 7) is 0. The van der Waals surface area contributed by atoms with Crippen molar-refractivity contribution in [1.82, 2.24) is 0 Å². The molecule has 0 aliphatic rings. The number of esters is 1. The van der Waals surface area contributed by atoms with E-state index in [1.54, 1.807) is 12.1 Å². The van der Waals surface area contributed by atoms with E-state index in [9.17, 15) is 4.79 Å². The summed E-state index contributed by atoms with van der Waals surface area (Å²) in [7, 11) is 2.88. The van der Waals surface area contributed by atoms with Crippen LogP contribution in [0.25, 0.3) is 21.6 Å². The van der Waals surface area contributed by atoms with Crippen LogP contribution < -0.4 is 4.74 Å². The largest absolute Gasteiger partial charge is 0.494 e. The van der Waals surface area contributed by atoms with Gasteiger partial charge in [0.15, 0.2) is 10.6 Å². The number of carbonyl (C=O) groups is 1. The van der Waals surface area contributed by atoms with E-state index in [1.807, 2.05) is 36.4 Å². The first kappa shape index (κ1) is 17.8. The number of hydrogen-bond acceptors (Lipinski definition) is 4. The predicted octanol–water partition coefficient (Wildman–Crippen LogP) is 6.18. The second-order valence-electron chi connectivity index (χ2n) is 5.15. The van der Waals surface area contributed by atoms with Gasteiger partial charge in [-0.3, -0.25) is 0 Å². The first-order valence-electron chi connectivity index (χ1n) is 7.36. The smallest absolute Gasteiger partial charge is 0.351 e. The Balaban J connectivity index is 2.33. The van der Waals surface area contributed by atoms with Crippen LogP contribution in [0.4, 0.5) is 0 Å². The van der Waals surface area contributed by atoms with Crippen LogP contribution in [0.2, 0.25) is 10.0 Å². The van der Waals surface area contributed by atoms with Gasteiger partial charge in [0.2, 0.25) is 0 Å². The molecule has 0 amide bonds. The maximum absolute atomic E-state index is 12.2. The Labute approximate surface area is 159 Å². The summed E-state index contributed by atoms with van der Waals surface area (Å²) < 4.78 is 10.5. The van der Waals surface area contributed by atoms with Crippen molar-refractivity contribution in [2.45, 2.75) is 0 Å². The molecule has 0 unspecified atom stereocenters. The van der Waals surface area contributed by atoms with Gasteiger partial charge in [0.05, 0.1) is 14.2 Å². The summed E-state index contributed by atoms with van der Waals surface area (Å²) in [6, 6.07) is 14.8. The average Bonchev–Trinajstić information content (AvgIpc) is 3.01. The lowest BCUT2D eigenvalue weighted by Crippen LogP contribution is -2.00. The molecule has 0 saturated carbocycles. The molecular formula is C19H14Cl2O3S. The summed E-state index contributed by atoms with van der Waals surface area (Å²) in [5, 5.41) is 1.23.